The van der Waals surface area contributed by atoms with E-state index >= 15 is 0 Å². The van der Waals surface area contributed by atoms with E-state index in [1.54, 1.807) is 29.9 Å². The Morgan fingerprint density at radius 2 is 2.31 bits per heavy atom. The smallest absolute Gasteiger partial charge is 0.164 e. The molecule has 0 amide bonds. The highest BCUT2D eigenvalue weighted by atomic mass is 35.5. The van der Waals surface area contributed by atoms with E-state index in [9.17, 15) is 0 Å². The summed E-state index contributed by atoms with van der Waals surface area (Å²) >= 11 is 5.95. The standard InChI is InChI=1S/C10H11ClN4O/c1-15-10(13-6-14-15)5-16-9-4-7(12)2-3-8(9)11/h2-4,6H,5,12H2,1H3. The first-order valence-electron chi connectivity index (χ1n) is 4.67. The summed E-state index contributed by atoms with van der Waals surface area (Å²) in [5.41, 5.74) is 6.24. The van der Waals surface area contributed by atoms with Gasteiger partial charge in [-0.3, -0.25) is 4.68 Å². The van der Waals surface area contributed by atoms with E-state index in [0.717, 1.165) is 5.82 Å². The van der Waals surface area contributed by atoms with Crippen LogP contribution in [0.15, 0.2) is 24.5 Å². The normalized spacial score (nSPS) is 10.4. The Morgan fingerprint density at radius 3 is 3.00 bits per heavy atom. The summed E-state index contributed by atoms with van der Waals surface area (Å²) in [6.07, 6.45) is 1.47. The number of aryl methyl sites for hydroxylation is 1. The summed E-state index contributed by atoms with van der Waals surface area (Å²) in [4.78, 5) is 4.04. The van der Waals surface area contributed by atoms with Crippen LogP contribution < -0.4 is 10.5 Å². The molecule has 1 heterocycles. The summed E-state index contributed by atoms with van der Waals surface area (Å²) in [5, 5.41) is 4.46. The SMILES string of the molecule is Cn1ncnc1COc1cc(N)ccc1Cl. The molecule has 16 heavy (non-hydrogen) atoms. The van der Waals surface area contributed by atoms with Gasteiger partial charge in [-0.15, -0.1) is 0 Å². The fraction of sp³-hybridized carbons (Fsp3) is 0.200. The first kappa shape index (κ1) is 10.8. The number of rotatable bonds is 3. The van der Waals surface area contributed by atoms with Crippen LogP contribution in [0.1, 0.15) is 5.82 Å². The molecule has 2 N–H and O–H groups in total. The molecule has 0 saturated heterocycles. The van der Waals surface area contributed by atoms with Gasteiger partial charge in [0.05, 0.1) is 5.02 Å². The highest BCUT2D eigenvalue weighted by Gasteiger charge is 2.05. The van der Waals surface area contributed by atoms with Crippen molar-refractivity contribution in [2.24, 2.45) is 7.05 Å². The maximum absolute atomic E-state index is 5.95. The highest BCUT2D eigenvalue weighted by molar-refractivity contribution is 6.32. The van der Waals surface area contributed by atoms with E-state index in [4.69, 9.17) is 22.1 Å². The number of anilines is 1. The van der Waals surface area contributed by atoms with E-state index < -0.39 is 0 Å². The van der Waals surface area contributed by atoms with Gasteiger partial charge in [0.25, 0.3) is 0 Å². The number of hydrogen-bond donors (Lipinski definition) is 1. The van der Waals surface area contributed by atoms with Crippen LogP contribution in [-0.4, -0.2) is 14.8 Å². The van der Waals surface area contributed by atoms with Crippen molar-refractivity contribution in [3.63, 3.8) is 0 Å². The minimum absolute atomic E-state index is 0.305. The lowest BCUT2D eigenvalue weighted by molar-refractivity contribution is 0.290. The number of nitrogens with two attached hydrogens (primary N) is 1. The van der Waals surface area contributed by atoms with Crippen LogP contribution >= 0.6 is 11.6 Å². The molecular weight excluding hydrogens is 228 g/mol. The van der Waals surface area contributed by atoms with Crippen LogP contribution in [0.3, 0.4) is 0 Å². The van der Waals surface area contributed by atoms with Gasteiger partial charge >= 0.3 is 0 Å². The molecule has 0 fully saturated rings. The molecule has 0 saturated carbocycles. The van der Waals surface area contributed by atoms with Crippen molar-refractivity contribution in [2.75, 3.05) is 5.73 Å². The molecule has 84 valence electrons. The van der Waals surface area contributed by atoms with Gasteiger partial charge in [-0.1, -0.05) is 11.6 Å². The van der Waals surface area contributed by atoms with Crippen molar-refractivity contribution in [2.45, 2.75) is 6.61 Å². The Bertz CT molecular complexity index is 497. The van der Waals surface area contributed by atoms with Gasteiger partial charge in [-0.2, -0.15) is 5.10 Å². The summed E-state index contributed by atoms with van der Waals surface area (Å²) in [5.74, 6) is 1.27. The molecule has 0 aliphatic rings. The molecule has 6 heteroatoms. The summed E-state index contributed by atoms with van der Waals surface area (Å²) in [7, 11) is 1.80. The lowest BCUT2D eigenvalue weighted by atomic mass is 10.3. The summed E-state index contributed by atoms with van der Waals surface area (Å²) in [6.45, 7) is 0.305. The number of aromatic nitrogens is 3. The van der Waals surface area contributed by atoms with E-state index in [1.165, 1.54) is 6.33 Å². The van der Waals surface area contributed by atoms with Crippen LogP contribution in [0, 0.1) is 0 Å². The zero-order valence-corrected chi connectivity index (χ0v) is 9.48. The minimum atomic E-state index is 0.305. The van der Waals surface area contributed by atoms with Gasteiger partial charge in [-0.25, -0.2) is 4.98 Å². The second-order valence-electron chi connectivity index (χ2n) is 3.28. The fourth-order valence-electron chi connectivity index (χ4n) is 1.22. The third kappa shape index (κ3) is 2.25. The Balaban J connectivity index is 2.10. The maximum atomic E-state index is 5.95. The Labute approximate surface area is 97.8 Å². The summed E-state index contributed by atoms with van der Waals surface area (Å²) in [6, 6.07) is 5.10. The van der Waals surface area contributed by atoms with Crippen molar-refractivity contribution >= 4 is 17.3 Å². The zero-order chi connectivity index (χ0) is 11.5. The average molecular weight is 239 g/mol. The highest BCUT2D eigenvalue weighted by Crippen LogP contribution is 2.26. The van der Waals surface area contributed by atoms with Gasteiger partial charge in [0.15, 0.2) is 5.82 Å². The first-order valence-corrected chi connectivity index (χ1v) is 5.05. The molecule has 1 aromatic heterocycles. The van der Waals surface area contributed by atoms with Crippen molar-refractivity contribution < 1.29 is 4.74 Å². The molecule has 2 aromatic rings. The molecule has 1 aromatic carbocycles. The van der Waals surface area contributed by atoms with Crippen LogP contribution in [0.25, 0.3) is 0 Å². The quantitative estimate of drug-likeness (QED) is 0.826. The Morgan fingerprint density at radius 1 is 1.50 bits per heavy atom. The molecule has 0 atom stereocenters. The van der Waals surface area contributed by atoms with E-state index in [0.29, 0.717) is 23.1 Å². The van der Waals surface area contributed by atoms with Crippen molar-refractivity contribution in [3.8, 4) is 5.75 Å². The van der Waals surface area contributed by atoms with Gasteiger partial charge in [0.2, 0.25) is 0 Å². The van der Waals surface area contributed by atoms with Crippen LogP contribution in [0.4, 0.5) is 5.69 Å². The summed E-state index contributed by atoms with van der Waals surface area (Å²) < 4.78 is 7.15. The maximum Gasteiger partial charge on any atom is 0.164 e. The third-order valence-corrected chi connectivity index (χ3v) is 2.43. The number of halogens is 1. The number of nitrogens with zero attached hydrogens (tertiary/aromatic N) is 3. The molecule has 5 nitrogen and oxygen atoms in total. The van der Waals surface area contributed by atoms with Crippen LogP contribution in [-0.2, 0) is 13.7 Å². The second-order valence-corrected chi connectivity index (χ2v) is 3.69. The molecule has 2 rings (SSSR count). The van der Waals surface area contributed by atoms with Crippen molar-refractivity contribution in [1.82, 2.24) is 14.8 Å². The van der Waals surface area contributed by atoms with E-state index in [-0.39, 0.29) is 0 Å². The van der Waals surface area contributed by atoms with E-state index in [2.05, 4.69) is 10.1 Å². The molecule has 0 aliphatic carbocycles. The molecule has 0 unspecified atom stereocenters. The predicted octanol–water partition coefficient (Wildman–Crippen LogP) is 1.63. The van der Waals surface area contributed by atoms with Crippen molar-refractivity contribution in [3.05, 3.63) is 35.4 Å². The number of ether oxygens (including phenoxy) is 1. The van der Waals surface area contributed by atoms with Crippen LogP contribution in [0.5, 0.6) is 5.75 Å². The van der Waals surface area contributed by atoms with Gasteiger partial charge in [0, 0.05) is 18.8 Å². The Kier molecular flexibility index (Phi) is 2.96. The molecule has 0 aliphatic heterocycles. The zero-order valence-electron chi connectivity index (χ0n) is 8.72. The molecule has 0 radical (unpaired) electrons. The number of hydrogen-bond acceptors (Lipinski definition) is 4. The molecule has 0 spiro atoms. The topological polar surface area (TPSA) is 66.0 Å². The predicted molar refractivity (Wildman–Crippen MR) is 61.2 cm³/mol. The number of nitrogen functional groups attached to an aromatic ring is 1. The Hall–Kier alpha value is -1.75. The minimum Gasteiger partial charge on any atom is -0.484 e. The van der Waals surface area contributed by atoms with E-state index in [1.807, 2.05) is 0 Å². The number of benzene rings is 1. The monoisotopic (exact) mass is 238 g/mol. The van der Waals surface area contributed by atoms with Crippen LogP contribution in [0.2, 0.25) is 5.02 Å². The molecule has 0 bridgehead atoms. The fourth-order valence-corrected chi connectivity index (χ4v) is 1.40. The first-order chi connectivity index (χ1) is 7.66. The van der Waals surface area contributed by atoms with Gasteiger partial charge < -0.3 is 10.5 Å². The van der Waals surface area contributed by atoms with Crippen molar-refractivity contribution in [1.29, 1.82) is 0 Å². The lowest BCUT2D eigenvalue weighted by Gasteiger charge is -2.07. The molecular formula is C10H11ClN4O. The second kappa shape index (κ2) is 4.40. The van der Waals surface area contributed by atoms with Gasteiger partial charge in [-0.05, 0) is 12.1 Å². The third-order valence-electron chi connectivity index (χ3n) is 2.12. The lowest BCUT2D eigenvalue weighted by Crippen LogP contribution is -2.04. The largest absolute Gasteiger partial charge is 0.484 e. The average Bonchev–Trinajstić information content (AvgIpc) is 2.66. The van der Waals surface area contributed by atoms with Gasteiger partial charge in [0.1, 0.15) is 18.7 Å².